The molecule has 3 N–H and O–H groups in total. The van der Waals surface area contributed by atoms with Gasteiger partial charge >= 0.3 is 11.9 Å². The molecule has 0 amide bonds. The standard InChI is InChI=1S/C10H14N2.2C7H6O3.Cu/c1-12-7-3-5-10(12)9-4-2-6-11-8-9;2*8-6-4-2-1-3-5(6)7(9)10;/h2,4,6,8,10H,3,5,7H2,1H3;2*1-4,8H,(H,9,10);/p-1. The Morgan fingerprint density at radius 1 is 0.970 bits per heavy atom. The van der Waals surface area contributed by atoms with Crippen molar-refractivity contribution >= 4 is 11.9 Å². The number of pyridine rings is 1. The average molecular weight is 501 g/mol. The zero-order valence-electron chi connectivity index (χ0n) is 17.9. The summed E-state index contributed by atoms with van der Waals surface area (Å²) >= 11 is 0. The number of aromatic carboxylic acids is 2. The van der Waals surface area contributed by atoms with Gasteiger partial charge in [0.15, 0.2) is 0 Å². The van der Waals surface area contributed by atoms with E-state index in [1.807, 2.05) is 18.5 Å². The third-order valence-electron chi connectivity index (χ3n) is 4.84. The molecule has 0 aliphatic carbocycles. The number of aromatic nitrogens is 1. The Balaban J connectivity index is 0.000000246. The first-order chi connectivity index (χ1) is 15.3. The van der Waals surface area contributed by atoms with Gasteiger partial charge in [-0.15, -0.1) is 0 Å². The molecule has 1 aromatic heterocycles. The van der Waals surface area contributed by atoms with Crippen molar-refractivity contribution in [2.45, 2.75) is 18.9 Å². The van der Waals surface area contributed by atoms with E-state index < -0.39 is 17.7 Å². The average Bonchev–Trinajstić information content (AvgIpc) is 3.21. The van der Waals surface area contributed by atoms with Crippen LogP contribution in [0.5, 0.6) is 11.5 Å². The Morgan fingerprint density at radius 3 is 2.00 bits per heavy atom. The van der Waals surface area contributed by atoms with Crippen LogP contribution >= 0.6 is 0 Å². The second-order valence-corrected chi connectivity index (χ2v) is 7.05. The molecule has 1 radical (unpaired) electrons. The fourth-order valence-electron chi connectivity index (χ4n) is 3.20. The number of aromatic hydroxyl groups is 1. The van der Waals surface area contributed by atoms with E-state index >= 15 is 0 Å². The fourth-order valence-corrected chi connectivity index (χ4v) is 3.20. The predicted molar refractivity (Wildman–Crippen MR) is 117 cm³/mol. The van der Waals surface area contributed by atoms with Crippen molar-refractivity contribution in [3.63, 3.8) is 0 Å². The van der Waals surface area contributed by atoms with Crippen LogP contribution in [-0.4, -0.2) is 50.7 Å². The Kier molecular flexibility index (Phi) is 11.6. The van der Waals surface area contributed by atoms with E-state index in [1.165, 1.54) is 61.3 Å². The predicted octanol–water partition coefficient (Wildman–Crippen LogP) is 3.39. The largest absolute Gasteiger partial charge is 0.872 e. The van der Waals surface area contributed by atoms with E-state index in [-0.39, 0.29) is 33.9 Å². The van der Waals surface area contributed by atoms with Crippen LogP contribution in [-0.2, 0) is 17.1 Å². The summed E-state index contributed by atoms with van der Waals surface area (Å²) < 4.78 is 0. The minimum Gasteiger partial charge on any atom is -0.872 e. The van der Waals surface area contributed by atoms with Crippen molar-refractivity contribution in [3.05, 3.63) is 89.7 Å². The molecule has 2 heterocycles. The Morgan fingerprint density at radius 2 is 1.58 bits per heavy atom. The number of rotatable bonds is 3. The maximum atomic E-state index is 10.7. The first-order valence-corrected chi connectivity index (χ1v) is 9.92. The van der Waals surface area contributed by atoms with E-state index in [0.717, 1.165) is 0 Å². The van der Waals surface area contributed by atoms with Crippen molar-refractivity contribution in [2.75, 3.05) is 13.6 Å². The maximum Gasteiger partial charge on any atom is 0.339 e. The number of phenols is 1. The van der Waals surface area contributed by atoms with Crippen LogP contribution in [0, 0.1) is 0 Å². The van der Waals surface area contributed by atoms with Gasteiger partial charge in [-0.3, -0.25) is 9.88 Å². The number of carboxylic acid groups (broad SMARTS) is 2. The van der Waals surface area contributed by atoms with E-state index in [1.54, 1.807) is 12.1 Å². The van der Waals surface area contributed by atoms with Gasteiger partial charge in [-0.05, 0) is 56.3 Å². The molecule has 9 heteroatoms. The van der Waals surface area contributed by atoms with Crippen molar-refractivity contribution in [1.29, 1.82) is 0 Å². The van der Waals surface area contributed by atoms with Gasteiger partial charge in [-0.25, -0.2) is 9.59 Å². The summed E-state index contributed by atoms with van der Waals surface area (Å²) in [7, 11) is 2.19. The molecule has 1 fully saturated rings. The van der Waals surface area contributed by atoms with Crippen LogP contribution < -0.4 is 5.11 Å². The number of benzene rings is 2. The first-order valence-electron chi connectivity index (χ1n) is 9.92. The molecule has 2 aromatic carbocycles. The third kappa shape index (κ3) is 8.57. The van der Waals surface area contributed by atoms with Gasteiger partial charge in [-0.2, -0.15) is 0 Å². The SMILES string of the molecule is CN1CCCC1c1cccnc1.O=C(O)c1ccccc1O.O=C(O)c1ccccc1[O-].[Cu]. The third-order valence-corrected chi connectivity index (χ3v) is 4.84. The summed E-state index contributed by atoms with van der Waals surface area (Å²) in [5.74, 6) is -2.94. The normalized spacial score (nSPS) is 14.5. The molecule has 0 saturated carbocycles. The van der Waals surface area contributed by atoms with Crippen molar-refractivity contribution < 1.29 is 47.1 Å². The molecule has 1 aliphatic heterocycles. The van der Waals surface area contributed by atoms with Crippen LogP contribution in [0.2, 0.25) is 0 Å². The summed E-state index contributed by atoms with van der Waals surface area (Å²) in [5.41, 5.74) is 1.11. The molecule has 4 rings (SSSR count). The molecular formula is C24H25CuN2O6-. The number of carboxylic acids is 2. The quantitative estimate of drug-likeness (QED) is 0.466. The summed E-state index contributed by atoms with van der Waals surface area (Å²) in [6.45, 7) is 1.22. The number of carbonyl (C=O) groups is 2. The molecular weight excluding hydrogens is 476 g/mol. The van der Waals surface area contributed by atoms with E-state index in [9.17, 15) is 14.7 Å². The second-order valence-electron chi connectivity index (χ2n) is 7.05. The number of likely N-dealkylation sites (tertiary alicyclic amines) is 1. The van der Waals surface area contributed by atoms with Crippen molar-refractivity contribution in [3.8, 4) is 11.5 Å². The molecule has 3 aromatic rings. The summed E-state index contributed by atoms with van der Waals surface area (Å²) in [4.78, 5) is 27.0. The van der Waals surface area contributed by atoms with E-state index in [2.05, 4.69) is 23.0 Å². The number of hydrogen-bond acceptors (Lipinski definition) is 6. The van der Waals surface area contributed by atoms with Crippen LogP contribution in [0.15, 0.2) is 73.1 Å². The number of nitrogens with zero attached hydrogens (tertiary/aromatic N) is 2. The first kappa shape index (κ1) is 27.6. The maximum absolute atomic E-state index is 10.7. The van der Waals surface area contributed by atoms with E-state index in [0.29, 0.717) is 6.04 Å². The van der Waals surface area contributed by atoms with Gasteiger partial charge in [-0.1, -0.05) is 42.1 Å². The second kappa shape index (κ2) is 13.9. The fraction of sp³-hybridized carbons (Fsp3) is 0.208. The molecule has 0 bridgehead atoms. The summed E-state index contributed by atoms with van der Waals surface area (Å²) in [5, 5.41) is 36.4. The zero-order valence-corrected chi connectivity index (χ0v) is 18.8. The topological polar surface area (TPSA) is 134 Å². The van der Waals surface area contributed by atoms with Gasteiger partial charge in [0.2, 0.25) is 0 Å². The van der Waals surface area contributed by atoms with Gasteiger partial charge in [0, 0.05) is 35.5 Å². The molecule has 179 valence electrons. The van der Waals surface area contributed by atoms with Crippen LogP contribution in [0.3, 0.4) is 0 Å². The Bertz CT molecular complexity index is 977. The Labute approximate surface area is 202 Å². The van der Waals surface area contributed by atoms with Crippen molar-refractivity contribution in [1.82, 2.24) is 9.88 Å². The summed E-state index contributed by atoms with van der Waals surface area (Å²) in [6.07, 6.45) is 6.41. The summed E-state index contributed by atoms with van der Waals surface area (Å²) in [6, 6.07) is 16.1. The number of para-hydroxylation sites is 2. The smallest absolute Gasteiger partial charge is 0.339 e. The molecule has 8 nitrogen and oxygen atoms in total. The monoisotopic (exact) mass is 500 g/mol. The minimum atomic E-state index is -1.18. The Hall–Kier alpha value is -3.39. The molecule has 1 saturated heterocycles. The molecule has 1 unspecified atom stereocenters. The molecule has 1 atom stereocenters. The van der Waals surface area contributed by atoms with Crippen molar-refractivity contribution in [2.24, 2.45) is 0 Å². The van der Waals surface area contributed by atoms with Gasteiger partial charge in [0.05, 0.1) is 5.56 Å². The van der Waals surface area contributed by atoms with Gasteiger partial charge < -0.3 is 20.4 Å². The molecule has 0 spiro atoms. The van der Waals surface area contributed by atoms with Crippen LogP contribution in [0.1, 0.15) is 45.2 Å². The van der Waals surface area contributed by atoms with Gasteiger partial charge in [0.1, 0.15) is 11.3 Å². The molecule has 33 heavy (non-hydrogen) atoms. The minimum absolute atomic E-state index is 0. The number of hydrogen-bond donors (Lipinski definition) is 3. The van der Waals surface area contributed by atoms with Gasteiger partial charge in [0.25, 0.3) is 0 Å². The molecule has 1 aliphatic rings. The van der Waals surface area contributed by atoms with Crippen LogP contribution in [0.4, 0.5) is 0 Å². The zero-order chi connectivity index (χ0) is 23.5. The van der Waals surface area contributed by atoms with Crippen LogP contribution in [0.25, 0.3) is 0 Å². The van der Waals surface area contributed by atoms with E-state index in [4.69, 9.17) is 15.3 Å².